The first-order valence-corrected chi connectivity index (χ1v) is 7.80. The number of aromatic nitrogens is 2. The van der Waals surface area contributed by atoms with Gasteiger partial charge >= 0.3 is 0 Å². The van der Waals surface area contributed by atoms with Crippen molar-refractivity contribution in [1.29, 1.82) is 0 Å². The van der Waals surface area contributed by atoms with E-state index in [1.54, 1.807) is 18.4 Å². The molecule has 0 N–H and O–H groups in total. The first kappa shape index (κ1) is 14.0. The summed E-state index contributed by atoms with van der Waals surface area (Å²) >= 11 is 1.63. The Morgan fingerprint density at radius 3 is 2.71 bits per heavy atom. The van der Waals surface area contributed by atoms with Gasteiger partial charge in [0.05, 0.1) is 18.3 Å². The number of benzene rings is 1. The first-order valence-electron chi connectivity index (χ1n) is 6.92. The maximum Gasteiger partial charge on any atom is 0.142 e. The molecule has 0 fully saturated rings. The lowest BCUT2D eigenvalue weighted by Gasteiger charge is -2.08. The van der Waals surface area contributed by atoms with Crippen molar-refractivity contribution in [3.8, 4) is 16.5 Å². The highest BCUT2D eigenvalue weighted by atomic mass is 32.1. The third-order valence-electron chi connectivity index (χ3n) is 3.53. The van der Waals surface area contributed by atoms with Crippen LogP contribution < -0.4 is 4.74 Å². The normalized spacial score (nSPS) is 11.3. The van der Waals surface area contributed by atoms with E-state index in [0.29, 0.717) is 5.92 Å². The first-order chi connectivity index (χ1) is 10.1. The molecule has 3 nitrogen and oxygen atoms in total. The number of aryl methyl sites for hydroxylation is 1. The van der Waals surface area contributed by atoms with Gasteiger partial charge in [-0.1, -0.05) is 13.8 Å². The van der Waals surface area contributed by atoms with Crippen LogP contribution in [0.15, 0.2) is 23.6 Å². The Kier molecular flexibility index (Phi) is 3.64. The van der Waals surface area contributed by atoms with Crippen molar-refractivity contribution in [3.63, 3.8) is 0 Å². The maximum atomic E-state index is 5.37. The van der Waals surface area contributed by atoms with Gasteiger partial charge in [0.15, 0.2) is 0 Å². The van der Waals surface area contributed by atoms with E-state index in [0.717, 1.165) is 38.6 Å². The zero-order chi connectivity index (χ0) is 15.0. The number of nitrogens with zero attached hydrogens (tertiary/aromatic N) is 2. The summed E-state index contributed by atoms with van der Waals surface area (Å²) in [6.07, 6.45) is 0. The Balaban J connectivity index is 2.13. The van der Waals surface area contributed by atoms with Gasteiger partial charge in [0.2, 0.25) is 0 Å². The van der Waals surface area contributed by atoms with E-state index in [9.17, 15) is 0 Å². The predicted octanol–water partition coefficient (Wildman–Crippen LogP) is 4.60. The molecule has 107 valence electrons. The Morgan fingerprint density at radius 1 is 1.24 bits per heavy atom. The molecule has 0 aliphatic heterocycles. The smallest absolute Gasteiger partial charge is 0.142 e. The highest BCUT2D eigenvalue weighted by molar-refractivity contribution is 7.13. The second-order valence-corrected chi connectivity index (χ2v) is 6.17. The van der Waals surface area contributed by atoms with Crippen LogP contribution in [0.1, 0.15) is 31.0 Å². The number of fused-ring (bicyclic) bond motifs is 1. The van der Waals surface area contributed by atoms with Crippen molar-refractivity contribution in [2.45, 2.75) is 26.7 Å². The van der Waals surface area contributed by atoms with Crippen LogP contribution in [-0.4, -0.2) is 17.1 Å². The van der Waals surface area contributed by atoms with Crippen LogP contribution in [0.25, 0.3) is 21.6 Å². The molecule has 0 atom stereocenters. The molecule has 0 aliphatic rings. The van der Waals surface area contributed by atoms with Crippen molar-refractivity contribution in [2.75, 3.05) is 7.11 Å². The van der Waals surface area contributed by atoms with Gasteiger partial charge in [-0.15, -0.1) is 11.3 Å². The molecule has 2 heterocycles. The van der Waals surface area contributed by atoms with Gasteiger partial charge in [-0.25, -0.2) is 9.97 Å². The minimum Gasteiger partial charge on any atom is -0.496 e. The Bertz CT molecular complexity index is 793. The molecule has 0 saturated heterocycles. The van der Waals surface area contributed by atoms with E-state index < -0.39 is 0 Å². The summed E-state index contributed by atoms with van der Waals surface area (Å²) in [6, 6.07) is 9.15. The zero-order valence-corrected chi connectivity index (χ0v) is 13.4. The number of ether oxygens (including phenoxy) is 1. The second kappa shape index (κ2) is 5.45. The summed E-state index contributed by atoms with van der Waals surface area (Å²) in [5.41, 5.74) is 3.94. The summed E-state index contributed by atoms with van der Waals surface area (Å²) in [7, 11) is 1.68. The Morgan fingerprint density at radius 2 is 2.05 bits per heavy atom. The summed E-state index contributed by atoms with van der Waals surface area (Å²) in [5.74, 6) is 1.28. The zero-order valence-electron chi connectivity index (χ0n) is 12.6. The highest BCUT2D eigenvalue weighted by Gasteiger charge is 2.11. The van der Waals surface area contributed by atoms with Crippen LogP contribution >= 0.6 is 11.3 Å². The van der Waals surface area contributed by atoms with Crippen LogP contribution in [0.2, 0.25) is 0 Å². The minimum atomic E-state index is 0.432. The van der Waals surface area contributed by atoms with E-state index in [2.05, 4.69) is 30.3 Å². The predicted molar refractivity (Wildman–Crippen MR) is 87.1 cm³/mol. The molecule has 1 radical (unpaired) electrons. The Labute approximate surface area is 128 Å². The lowest BCUT2D eigenvalue weighted by molar-refractivity contribution is 0.412. The van der Waals surface area contributed by atoms with Crippen LogP contribution in [0, 0.1) is 13.0 Å². The van der Waals surface area contributed by atoms with Crippen molar-refractivity contribution in [1.82, 2.24) is 9.97 Å². The molecule has 21 heavy (non-hydrogen) atoms. The molecule has 4 heteroatoms. The highest BCUT2D eigenvalue weighted by Crippen LogP contribution is 2.30. The number of hydrogen-bond acceptors (Lipinski definition) is 4. The SMILES string of the molecule is COc1ccc2[c]cc(-c3nc(C(C)C)cs3)nc2c1C. The molecule has 3 rings (SSSR count). The maximum absolute atomic E-state index is 5.37. The lowest BCUT2D eigenvalue weighted by Crippen LogP contribution is -1.93. The third kappa shape index (κ3) is 2.51. The molecule has 0 aliphatic carbocycles. The minimum absolute atomic E-state index is 0.432. The molecule has 0 bridgehead atoms. The summed E-state index contributed by atoms with van der Waals surface area (Å²) in [6.45, 7) is 6.31. The number of rotatable bonds is 3. The van der Waals surface area contributed by atoms with E-state index >= 15 is 0 Å². The standard InChI is InChI=1S/C17H17N2OS/c1-10(2)14-9-21-17(19-14)13-7-5-12-6-8-15(20-4)11(3)16(12)18-13/h6-10H,1-4H3. The molecular formula is C17H17N2OS. The lowest BCUT2D eigenvalue weighted by atomic mass is 10.1. The quantitative estimate of drug-likeness (QED) is 0.708. The number of pyridine rings is 1. The van der Waals surface area contributed by atoms with Gasteiger partial charge in [-0.2, -0.15) is 0 Å². The summed E-state index contributed by atoms with van der Waals surface area (Å²) < 4.78 is 5.37. The molecule has 0 spiro atoms. The third-order valence-corrected chi connectivity index (χ3v) is 4.41. The van der Waals surface area contributed by atoms with E-state index in [-0.39, 0.29) is 0 Å². The van der Waals surface area contributed by atoms with Gasteiger partial charge in [-0.3, -0.25) is 0 Å². The van der Waals surface area contributed by atoms with Gasteiger partial charge in [0.1, 0.15) is 16.5 Å². The molecule has 2 aromatic heterocycles. The van der Waals surface area contributed by atoms with Crippen LogP contribution in [0.3, 0.4) is 0 Å². The van der Waals surface area contributed by atoms with E-state index in [1.165, 1.54) is 0 Å². The summed E-state index contributed by atoms with van der Waals surface area (Å²) in [5, 5.41) is 4.04. The number of hydrogen-bond donors (Lipinski definition) is 0. The molecule has 0 unspecified atom stereocenters. The largest absolute Gasteiger partial charge is 0.496 e. The summed E-state index contributed by atoms with van der Waals surface area (Å²) in [4.78, 5) is 9.43. The molecule has 3 aromatic rings. The Hall–Kier alpha value is -1.94. The van der Waals surface area contributed by atoms with E-state index in [1.807, 2.05) is 25.1 Å². The van der Waals surface area contributed by atoms with Crippen LogP contribution in [-0.2, 0) is 0 Å². The van der Waals surface area contributed by atoms with Crippen molar-refractivity contribution >= 4 is 22.2 Å². The molecular weight excluding hydrogens is 280 g/mol. The number of methoxy groups -OCH3 is 1. The van der Waals surface area contributed by atoms with E-state index in [4.69, 9.17) is 9.72 Å². The second-order valence-electron chi connectivity index (χ2n) is 5.31. The average molecular weight is 297 g/mol. The molecule has 1 aromatic carbocycles. The molecule has 0 saturated carbocycles. The topological polar surface area (TPSA) is 35.0 Å². The van der Waals surface area contributed by atoms with Crippen LogP contribution in [0.4, 0.5) is 0 Å². The monoisotopic (exact) mass is 297 g/mol. The van der Waals surface area contributed by atoms with Gasteiger partial charge < -0.3 is 4.74 Å². The fourth-order valence-corrected chi connectivity index (χ4v) is 3.18. The average Bonchev–Trinajstić information content (AvgIpc) is 2.97. The van der Waals surface area contributed by atoms with Gasteiger partial charge in [-0.05, 0) is 37.1 Å². The van der Waals surface area contributed by atoms with Gasteiger partial charge in [0, 0.05) is 16.3 Å². The van der Waals surface area contributed by atoms with Crippen molar-refractivity contribution in [2.24, 2.45) is 0 Å². The number of thiazole rings is 1. The van der Waals surface area contributed by atoms with Crippen LogP contribution in [0.5, 0.6) is 5.75 Å². The van der Waals surface area contributed by atoms with Gasteiger partial charge in [0.25, 0.3) is 0 Å². The fourth-order valence-electron chi connectivity index (χ4n) is 2.24. The van der Waals surface area contributed by atoms with Crippen molar-refractivity contribution in [3.05, 3.63) is 40.9 Å². The molecule has 0 amide bonds. The van der Waals surface area contributed by atoms with Crippen molar-refractivity contribution < 1.29 is 4.74 Å². The fraction of sp³-hybridized carbons (Fsp3) is 0.294.